The van der Waals surface area contributed by atoms with Gasteiger partial charge in [-0.3, -0.25) is 9.48 Å². The molecule has 1 amide bonds. The molecule has 3 heterocycles. The summed E-state index contributed by atoms with van der Waals surface area (Å²) < 4.78 is 14.3. The molecular formula is C27H35BN4O4. The van der Waals surface area contributed by atoms with Crippen LogP contribution in [0.3, 0.4) is 0 Å². The van der Waals surface area contributed by atoms with Crippen molar-refractivity contribution in [1.82, 2.24) is 19.6 Å². The number of carbonyl (C=O) groups excluding carboxylic acids is 1. The lowest BCUT2D eigenvalue weighted by Gasteiger charge is -2.32. The summed E-state index contributed by atoms with van der Waals surface area (Å²) in [7, 11) is 1.59. The van der Waals surface area contributed by atoms with E-state index in [1.54, 1.807) is 16.8 Å². The van der Waals surface area contributed by atoms with Crippen LogP contribution >= 0.6 is 0 Å². The maximum Gasteiger partial charge on any atom is 0.495 e. The second-order valence-electron chi connectivity index (χ2n) is 11.0. The summed E-state index contributed by atoms with van der Waals surface area (Å²) in [5.41, 5.74) is 2.29. The molecule has 1 aromatic heterocycles. The summed E-state index contributed by atoms with van der Waals surface area (Å²) >= 11 is 0. The Balaban J connectivity index is 1.29. The standard InChI is InChI=1S/C27H35BN4O4/c1-26(2)27(3,4)36-28(35-26)22-7-6-8-23-21(22)17-32(29-23)18-24(33)19-9-11-20(12-10-19)25(34)31-15-13-30(5)14-16-31/h6-12,17,24,33H,13-16,18H2,1-5H3/t24-/m0/s1. The fourth-order valence-electron chi connectivity index (χ4n) is 4.71. The van der Waals surface area contributed by atoms with Crippen molar-refractivity contribution in [1.29, 1.82) is 0 Å². The molecule has 0 saturated carbocycles. The molecular weight excluding hydrogens is 455 g/mol. The molecule has 2 aliphatic heterocycles. The third kappa shape index (κ3) is 4.68. The number of hydrogen-bond acceptors (Lipinski definition) is 6. The maximum atomic E-state index is 12.8. The van der Waals surface area contributed by atoms with Gasteiger partial charge in [-0.05, 0) is 64.0 Å². The van der Waals surface area contributed by atoms with Crippen molar-refractivity contribution >= 4 is 29.4 Å². The van der Waals surface area contributed by atoms with Gasteiger partial charge in [-0.1, -0.05) is 24.3 Å². The molecule has 0 spiro atoms. The molecule has 2 saturated heterocycles. The molecule has 3 aromatic rings. The lowest BCUT2D eigenvalue weighted by atomic mass is 9.77. The van der Waals surface area contributed by atoms with E-state index in [2.05, 4.69) is 17.0 Å². The smallest absolute Gasteiger partial charge is 0.399 e. The Hall–Kier alpha value is -2.72. The number of fused-ring (bicyclic) bond motifs is 1. The van der Waals surface area contributed by atoms with Gasteiger partial charge in [0.1, 0.15) is 0 Å². The normalized spacial score (nSPS) is 20.7. The largest absolute Gasteiger partial charge is 0.495 e. The van der Waals surface area contributed by atoms with E-state index in [1.807, 2.05) is 69.1 Å². The number of amides is 1. The molecule has 2 aliphatic rings. The predicted molar refractivity (Wildman–Crippen MR) is 140 cm³/mol. The van der Waals surface area contributed by atoms with E-state index in [1.165, 1.54) is 0 Å². The van der Waals surface area contributed by atoms with Crippen molar-refractivity contribution in [2.24, 2.45) is 0 Å². The Morgan fingerprint density at radius 2 is 1.67 bits per heavy atom. The highest BCUT2D eigenvalue weighted by Gasteiger charge is 2.52. The number of likely N-dealkylation sites (N-methyl/N-ethyl adjacent to an activating group) is 1. The van der Waals surface area contributed by atoms with Crippen LogP contribution in [0.25, 0.3) is 10.9 Å². The van der Waals surface area contributed by atoms with Gasteiger partial charge in [0.05, 0.1) is 29.4 Å². The number of nitrogens with zero attached hydrogens (tertiary/aromatic N) is 4. The Kier molecular flexibility index (Phi) is 6.45. The molecule has 190 valence electrons. The fourth-order valence-corrected chi connectivity index (χ4v) is 4.71. The van der Waals surface area contributed by atoms with E-state index in [4.69, 9.17) is 9.31 Å². The van der Waals surface area contributed by atoms with E-state index in [0.717, 1.165) is 48.1 Å². The first-order valence-corrected chi connectivity index (χ1v) is 12.6. The number of aromatic nitrogens is 2. The Morgan fingerprint density at radius 1 is 1.03 bits per heavy atom. The van der Waals surface area contributed by atoms with Crippen LogP contribution in [0.5, 0.6) is 0 Å². The maximum absolute atomic E-state index is 12.8. The first-order valence-electron chi connectivity index (χ1n) is 12.6. The first kappa shape index (κ1) is 25.0. The van der Waals surface area contributed by atoms with Crippen molar-refractivity contribution in [2.75, 3.05) is 33.2 Å². The minimum Gasteiger partial charge on any atom is -0.399 e. The third-order valence-electron chi connectivity index (χ3n) is 7.83. The van der Waals surface area contributed by atoms with Gasteiger partial charge >= 0.3 is 7.12 Å². The van der Waals surface area contributed by atoms with E-state index in [-0.39, 0.29) is 5.91 Å². The van der Waals surface area contributed by atoms with Crippen LogP contribution in [-0.4, -0.2) is 82.1 Å². The quantitative estimate of drug-likeness (QED) is 0.554. The molecule has 0 radical (unpaired) electrons. The van der Waals surface area contributed by atoms with Gasteiger partial charge in [-0.15, -0.1) is 0 Å². The average Bonchev–Trinajstić information content (AvgIpc) is 3.35. The zero-order valence-electron chi connectivity index (χ0n) is 21.8. The van der Waals surface area contributed by atoms with E-state index < -0.39 is 24.4 Å². The number of hydrogen-bond donors (Lipinski definition) is 1. The van der Waals surface area contributed by atoms with Crippen LogP contribution in [0.15, 0.2) is 48.7 Å². The summed E-state index contributed by atoms with van der Waals surface area (Å²) in [6, 6.07) is 13.2. The van der Waals surface area contributed by atoms with E-state index in [9.17, 15) is 9.90 Å². The molecule has 5 rings (SSSR count). The van der Waals surface area contributed by atoms with Gasteiger partial charge in [0.15, 0.2) is 0 Å². The second-order valence-corrected chi connectivity index (χ2v) is 11.0. The zero-order chi connectivity index (χ0) is 25.7. The minimum absolute atomic E-state index is 0.0395. The SMILES string of the molecule is CN1CCN(C(=O)c2ccc([C@@H](O)Cn3cc4c(B5OC(C)(C)C(C)(C)O5)cccc4n3)cc2)CC1. The average molecular weight is 490 g/mol. The molecule has 1 N–H and O–H groups in total. The number of carbonyl (C=O) groups is 1. The molecule has 2 fully saturated rings. The zero-order valence-corrected chi connectivity index (χ0v) is 21.8. The number of rotatable bonds is 5. The first-order chi connectivity index (χ1) is 17.0. The van der Waals surface area contributed by atoms with Crippen molar-refractivity contribution in [3.8, 4) is 0 Å². The van der Waals surface area contributed by atoms with Crippen LogP contribution in [-0.2, 0) is 15.9 Å². The van der Waals surface area contributed by atoms with Gasteiger partial charge < -0.3 is 24.2 Å². The van der Waals surface area contributed by atoms with Crippen molar-refractivity contribution in [2.45, 2.75) is 51.5 Å². The summed E-state index contributed by atoms with van der Waals surface area (Å²) in [6.07, 6.45) is 1.18. The highest BCUT2D eigenvalue weighted by Crippen LogP contribution is 2.37. The summed E-state index contributed by atoms with van der Waals surface area (Å²) in [4.78, 5) is 16.9. The molecule has 0 unspecified atom stereocenters. The van der Waals surface area contributed by atoms with Gasteiger partial charge in [0.25, 0.3) is 5.91 Å². The van der Waals surface area contributed by atoms with Crippen LogP contribution in [0.2, 0.25) is 0 Å². The van der Waals surface area contributed by atoms with Crippen LogP contribution in [0.1, 0.15) is 49.7 Å². The highest BCUT2D eigenvalue weighted by atomic mass is 16.7. The fraction of sp³-hybridized carbons (Fsp3) is 0.481. The van der Waals surface area contributed by atoms with E-state index >= 15 is 0 Å². The van der Waals surface area contributed by atoms with Crippen molar-refractivity contribution < 1.29 is 19.2 Å². The van der Waals surface area contributed by atoms with Gasteiger partial charge in [0.2, 0.25) is 0 Å². The van der Waals surface area contributed by atoms with Crippen LogP contribution < -0.4 is 5.46 Å². The molecule has 8 nitrogen and oxygen atoms in total. The van der Waals surface area contributed by atoms with Gasteiger partial charge in [0, 0.05) is 43.3 Å². The van der Waals surface area contributed by atoms with Crippen molar-refractivity contribution in [3.63, 3.8) is 0 Å². The number of benzene rings is 2. The Morgan fingerprint density at radius 3 is 2.31 bits per heavy atom. The Bertz CT molecular complexity index is 1230. The minimum atomic E-state index is -0.757. The number of aliphatic hydroxyl groups is 1. The van der Waals surface area contributed by atoms with Gasteiger partial charge in [-0.2, -0.15) is 5.10 Å². The molecule has 0 bridgehead atoms. The van der Waals surface area contributed by atoms with E-state index in [0.29, 0.717) is 12.1 Å². The molecule has 2 aromatic carbocycles. The summed E-state index contributed by atoms with van der Waals surface area (Å²) in [5.74, 6) is 0.0395. The van der Waals surface area contributed by atoms with Crippen molar-refractivity contribution in [3.05, 3.63) is 59.8 Å². The summed E-state index contributed by atoms with van der Waals surface area (Å²) in [6.45, 7) is 11.7. The second kappa shape index (κ2) is 9.30. The molecule has 9 heteroatoms. The molecule has 36 heavy (non-hydrogen) atoms. The van der Waals surface area contributed by atoms with Gasteiger partial charge in [-0.25, -0.2) is 0 Å². The number of aliphatic hydroxyl groups excluding tert-OH is 1. The van der Waals surface area contributed by atoms with Crippen LogP contribution in [0, 0.1) is 0 Å². The molecule has 1 atom stereocenters. The number of piperazine rings is 1. The topological polar surface area (TPSA) is 80.1 Å². The third-order valence-corrected chi connectivity index (χ3v) is 7.83. The Labute approximate surface area is 212 Å². The summed E-state index contributed by atoms with van der Waals surface area (Å²) in [5, 5.41) is 16.5. The lowest BCUT2D eigenvalue weighted by Crippen LogP contribution is -2.47. The monoisotopic (exact) mass is 490 g/mol. The highest BCUT2D eigenvalue weighted by molar-refractivity contribution is 6.65. The lowest BCUT2D eigenvalue weighted by molar-refractivity contribution is 0.00578. The van der Waals surface area contributed by atoms with Crippen LogP contribution in [0.4, 0.5) is 0 Å². The molecule has 0 aliphatic carbocycles. The predicted octanol–water partition coefficient (Wildman–Crippen LogP) is 2.46.